The van der Waals surface area contributed by atoms with Gasteiger partial charge < -0.3 is 14.7 Å². The van der Waals surface area contributed by atoms with Crippen LogP contribution in [0.15, 0.2) is 6.20 Å². The molecule has 3 heterocycles. The van der Waals surface area contributed by atoms with Crippen LogP contribution in [0, 0.1) is 5.92 Å². The number of hydrogen-bond donors (Lipinski definition) is 1. The fourth-order valence-corrected chi connectivity index (χ4v) is 3.67. The highest BCUT2D eigenvalue weighted by Crippen LogP contribution is 2.32. The Hall–Kier alpha value is -0.980. The zero-order valence-electron chi connectivity index (χ0n) is 11.6. The Bertz CT molecular complexity index is 485. The fraction of sp³-hybridized carbons (Fsp3) is 0.714. The molecule has 0 aromatic carbocycles. The summed E-state index contributed by atoms with van der Waals surface area (Å²) < 4.78 is 5.59. The number of aliphatic hydroxyl groups is 1. The number of amides is 1. The molecule has 1 N–H and O–H groups in total. The van der Waals surface area contributed by atoms with Crippen LogP contribution in [0.25, 0.3) is 0 Å². The first-order valence-corrected chi connectivity index (χ1v) is 8.01. The third kappa shape index (κ3) is 2.73. The van der Waals surface area contributed by atoms with Crippen molar-refractivity contribution in [1.29, 1.82) is 0 Å². The van der Waals surface area contributed by atoms with E-state index in [0.29, 0.717) is 18.0 Å². The first-order chi connectivity index (χ1) is 9.65. The van der Waals surface area contributed by atoms with Gasteiger partial charge in [0.2, 0.25) is 0 Å². The number of aromatic nitrogens is 1. The van der Waals surface area contributed by atoms with Gasteiger partial charge in [0, 0.05) is 19.7 Å². The number of carbonyl (C=O) groups excluding carboxylic acids is 1. The highest BCUT2D eigenvalue weighted by atomic mass is 32.1. The number of piperidine rings is 1. The minimum Gasteiger partial charge on any atom is -0.391 e. The van der Waals surface area contributed by atoms with E-state index in [9.17, 15) is 9.90 Å². The van der Waals surface area contributed by atoms with Crippen LogP contribution in [-0.2, 0) is 4.74 Å². The smallest absolute Gasteiger partial charge is 0.265 e. The molecule has 5 nitrogen and oxygen atoms in total. The second kappa shape index (κ2) is 5.79. The predicted octanol–water partition coefficient (Wildman–Crippen LogP) is 1.84. The van der Waals surface area contributed by atoms with E-state index in [1.54, 1.807) is 11.1 Å². The minimum atomic E-state index is -0.418. The molecule has 3 unspecified atom stereocenters. The van der Waals surface area contributed by atoms with E-state index in [-0.39, 0.29) is 17.9 Å². The largest absolute Gasteiger partial charge is 0.391 e. The molecule has 1 amide bonds. The third-order valence-corrected chi connectivity index (χ3v) is 5.22. The standard InChI is InChI=1S/C14H20N2O3S/c1-9-4-5-16(8-10(9)17)14(18)12-7-15-13(20-12)11-3-2-6-19-11/h7,9-11,17H,2-6,8H2,1H3. The van der Waals surface area contributed by atoms with Crippen molar-refractivity contribution >= 4 is 17.2 Å². The molecule has 0 aliphatic carbocycles. The summed E-state index contributed by atoms with van der Waals surface area (Å²) in [5.41, 5.74) is 0. The number of rotatable bonds is 2. The lowest BCUT2D eigenvalue weighted by Gasteiger charge is -2.33. The van der Waals surface area contributed by atoms with Gasteiger partial charge in [0.05, 0.1) is 12.3 Å². The van der Waals surface area contributed by atoms with E-state index in [2.05, 4.69) is 4.98 Å². The van der Waals surface area contributed by atoms with Crippen LogP contribution >= 0.6 is 11.3 Å². The van der Waals surface area contributed by atoms with Crippen LogP contribution in [0.2, 0.25) is 0 Å². The van der Waals surface area contributed by atoms with E-state index >= 15 is 0 Å². The molecule has 1 aromatic heterocycles. The molecular weight excluding hydrogens is 276 g/mol. The van der Waals surface area contributed by atoms with Crippen molar-refractivity contribution in [2.75, 3.05) is 19.7 Å². The molecule has 2 fully saturated rings. The molecule has 2 aliphatic heterocycles. The Morgan fingerprint density at radius 3 is 3.10 bits per heavy atom. The summed E-state index contributed by atoms with van der Waals surface area (Å²) in [7, 11) is 0. The summed E-state index contributed by atoms with van der Waals surface area (Å²) >= 11 is 1.42. The highest BCUT2D eigenvalue weighted by Gasteiger charge is 2.29. The molecule has 20 heavy (non-hydrogen) atoms. The maximum atomic E-state index is 12.4. The monoisotopic (exact) mass is 296 g/mol. The Morgan fingerprint density at radius 2 is 2.40 bits per heavy atom. The first kappa shape index (κ1) is 14.0. The van der Waals surface area contributed by atoms with Crippen LogP contribution in [0.4, 0.5) is 0 Å². The maximum Gasteiger partial charge on any atom is 0.265 e. The molecular formula is C14H20N2O3S. The van der Waals surface area contributed by atoms with E-state index in [1.165, 1.54) is 11.3 Å². The van der Waals surface area contributed by atoms with Crippen molar-refractivity contribution in [2.45, 2.75) is 38.4 Å². The molecule has 3 atom stereocenters. The number of likely N-dealkylation sites (tertiary alicyclic amines) is 1. The lowest BCUT2D eigenvalue weighted by molar-refractivity contribution is 0.0251. The van der Waals surface area contributed by atoms with Gasteiger partial charge in [-0.2, -0.15) is 0 Å². The number of hydrogen-bond acceptors (Lipinski definition) is 5. The summed E-state index contributed by atoms with van der Waals surface area (Å²) in [5.74, 6) is 0.251. The van der Waals surface area contributed by atoms with Gasteiger partial charge in [-0.05, 0) is 25.2 Å². The van der Waals surface area contributed by atoms with Crippen molar-refractivity contribution in [3.63, 3.8) is 0 Å². The van der Waals surface area contributed by atoms with Crippen molar-refractivity contribution in [2.24, 2.45) is 5.92 Å². The van der Waals surface area contributed by atoms with E-state index in [1.807, 2.05) is 6.92 Å². The van der Waals surface area contributed by atoms with E-state index in [4.69, 9.17) is 4.74 Å². The molecule has 0 bridgehead atoms. The van der Waals surface area contributed by atoms with Crippen molar-refractivity contribution in [1.82, 2.24) is 9.88 Å². The molecule has 6 heteroatoms. The zero-order chi connectivity index (χ0) is 14.1. The summed E-state index contributed by atoms with van der Waals surface area (Å²) in [6.07, 6.45) is 4.19. The molecule has 0 saturated carbocycles. The van der Waals surface area contributed by atoms with E-state index in [0.717, 1.165) is 30.9 Å². The predicted molar refractivity (Wildman–Crippen MR) is 75.7 cm³/mol. The Morgan fingerprint density at radius 1 is 1.55 bits per heavy atom. The van der Waals surface area contributed by atoms with Gasteiger partial charge in [-0.3, -0.25) is 4.79 Å². The van der Waals surface area contributed by atoms with Gasteiger partial charge >= 0.3 is 0 Å². The molecule has 0 spiro atoms. The van der Waals surface area contributed by atoms with E-state index < -0.39 is 6.10 Å². The number of thiazole rings is 1. The Labute approximate surface area is 122 Å². The number of nitrogens with zero attached hydrogens (tertiary/aromatic N) is 2. The van der Waals surface area contributed by atoms with Crippen LogP contribution in [0.1, 0.15) is 47.0 Å². The summed E-state index contributed by atoms with van der Waals surface area (Å²) in [6, 6.07) is 0. The SMILES string of the molecule is CC1CCN(C(=O)c2cnc(C3CCCO3)s2)CC1O. The lowest BCUT2D eigenvalue weighted by Crippen LogP contribution is -2.45. The van der Waals surface area contributed by atoms with Gasteiger partial charge in [-0.25, -0.2) is 4.98 Å². The Kier molecular flexibility index (Phi) is 4.05. The van der Waals surface area contributed by atoms with Gasteiger partial charge in [-0.15, -0.1) is 11.3 Å². The zero-order valence-corrected chi connectivity index (χ0v) is 12.4. The summed E-state index contributed by atoms with van der Waals surface area (Å²) in [6.45, 7) is 3.94. The number of β-amino-alcohol motifs (C(OH)–C–C–N with tert-alkyl or cyclic N) is 1. The summed E-state index contributed by atoms with van der Waals surface area (Å²) in [4.78, 5) is 19.1. The number of ether oxygens (including phenoxy) is 1. The van der Waals surface area contributed by atoms with Gasteiger partial charge in [0.25, 0.3) is 5.91 Å². The Balaban J connectivity index is 1.68. The van der Waals surface area contributed by atoms with Crippen molar-refractivity contribution < 1.29 is 14.6 Å². The molecule has 0 radical (unpaired) electrons. The van der Waals surface area contributed by atoms with Gasteiger partial charge in [0.15, 0.2) is 0 Å². The second-order valence-corrected chi connectivity index (χ2v) is 6.71. The van der Waals surface area contributed by atoms with Crippen molar-refractivity contribution in [3.8, 4) is 0 Å². The number of aliphatic hydroxyl groups excluding tert-OH is 1. The minimum absolute atomic E-state index is 0.0160. The normalized spacial score (nSPS) is 30.7. The first-order valence-electron chi connectivity index (χ1n) is 7.20. The van der Waals surface area contributed by atoms with Crippen LogP contribution in [0.5, 0.6) is 0 Å². The van der Waals surface area contributed by atoms with Crippen LogP contribution in [0.3, 0.4) is 0 Å². The van der Waals surface area contributed by atoms with Crippen molar-refractivity contribution in [3.05, 3.63) is 16.1 Å². The number of carbonyl (C=O) groups is 1. The average molecular weight is 296 g/mol. The van der Waals surface area contributed by atoms with Gasteiger partial charge in [0.1, 0.15) is 16.0 Å². The molecule has 3 rings (SSSR count). The highest BCUT2D eigenvalue weighted by molar-refractivity contribution is 7.13. The van der Waals surface area contributed by atoms with Crippen LogP contribution < -0.4 is 0 Å². The topological polar surface area (TPSA) is 62.7 Å². The van der Waals surface area contributed by atoms with Crippen LogP contribution in [-0.4, -0.2) is 46.7 Å². The van der Waals surface area contributed by atoms with Gasteiger partial charge in [-0.1, -0.05) is 6.92 Å². The maximum absolute atomic E-state index is 12.4. The molecule has 2 saturated heterocycles. The molecule has 1 aromatic rings. The summed E-state index contributed by atoms with van der Waals surface area (Å²) in [5, 5.41) is 10.8. The molecule has 110 valence electrons. The average Bonchev–Trinajstić information content (AvgIpc) is 3.11. The fourth-order valence-electron chi connectivity index (χ4n) is 2.70. The second-order valence-electron chi connectivity index (χ2n) is 5.65. The lowest BCUT2D eigenvalue weighted by atomic mass is 9.96. The quantitative estimate of drug-likeness (QED) is 0.904. The molecule has 2 aliphatic rings. The third-order valence-electron chi connectivity index (χ3n) is 4.15.